The van der Waals surface area contributed by atoms with Gasteiger partial charge in [-0.2, -0.15) is 0 Å². The van der Waals surface area contributed by atoms with Gasteiger partial charge in [-0.25, -0.2) is 4.79 Å². The minimum Gasteiger partial charge on any atom is -0.489 e. The SMILES string of the molecule is CC(C)(C)OC(=O)N[C@@H](Cc1ccc(OCc2ccccc2)cc1)C(=O)NCC(N)=O. The van der Waals surface area contributed by atoms with Crippen LogP contribution in [-0.2, 0) is 27.4 Å². The van der Waals surface area contributed by atoms with Crippen LogP contribution in [0.3, 0.4) is 0 Å². The maximum atomic E-state index is 12.5. The number of nitrogens with one attached hydrogen (secondary N) is 2. The van der Waals surface area contributed by atoms with Crippen molar-refractivity contribution in [1.29, 1.82) is 0 Å². The number of carbonyl (C=O) groups is 3. The first-order valence-corrected chi connectivity index (χ1v) is 9.93. The minimum atomic E-state index is -0.940. The number of benzene rings is 2. The van der Waals surface area contributed by atoms with Gasteiger partial charge in [0.25, 0.3) is 0 Å². The number of nitrogens with two attached hydrogens (primary N) is 1. The van der Waals surface area contributed by atoms with Gasteiger partial charge in [0.1, 0.15) is 24.0 Å². The largest absolute Gasteiger partial charge is 0.489 e. The molecule has 0 aliphatic heterocycles. The zero-order valence-corrected chi connectivity index (χ0v) is 18.0. The molecule has 0 unspecified atom stereocenters. The predicted molar refractivity (Wildman–Crippen MR) is 116 cm³/mol. The summed E-state index contributed by atoms with van der Waals surface area (Å²) >= 11 is 0. The molecule has 0 saturated carbocycles. The van der Waals surface area contributed by atoms with Crippen LogP contribution in [0.15, 0.2) is 54.6 Å². The molecule has 4 N–H and O–H groups in total. The van der Waals surface area contributed by atoms with Gasteiger partial charge in [-0.3, -0.25) is 9.59 Å². The van der Waals surface area contributed by atoms with Gasteiger partial charge in [0.2, 0.25) is 11.8 Å². The van der Waals surface area contributed by atoms with Crippen LogP contribution in [0.2, 0.25) is 0 Å². The summed E-state index contributed by atoms with van der Waals surface area (Å²) in [4.78, 5) is 35.6. The summed E-state index contributed by atoms with van der Waals surface area (Å²) in [5, 5.41) is 4.96. The quantitative estimate of drug-likeness (QED) is 0.567. The normalized spacial score (nSPS) is 11.8. The molecule has 0 spiro atoms. The van der Waals surface area contributed by atoms with Gasteiger partial charge in [-0.1, -0.05) is 42.5 Å². The van der Waals surface area contributed by atoms with Gasteiger partial charge in [-0.05, 0) is 44.0 Å². The molecule has 0 saturated heterocycles. The molecular weight excluding hydrogens is 398 g/mol. The van der Waals surface area contributed by atoms with E-state index in [-0.39, 0.29) is 13.0 Å². The van der Waals surface area contributed by atoms with Gasteiger partial charge in [-0.15, -0.1) is 0 Å². The third-order valence-corrected chi connectivity index (χ3v) is 4.06. The highest BCUT2D eigenvalue weighted by molar-refractivity contribution is 5.89. The van der Waals surface area contributed by atoms with Crippen LogP contribution in [0, 0.1) is 0 Å². The lowest BCUT2D eigenvalue weighted by Gasteiger charge is -2.23. The first kappa shape index (κ1) is 23.7. The number of hydrogen-bond acceptors (Lipinski definition) is 5. The minimum absolute atomic E-state index is 0.197. The molecule has 2 aromatic carbocycles. The smallest absolute Gasteiger partial charge is 0.408 e. The fraction of sp³-hybridized carbons (Fsp3) is 0.348. The second-order valence-corrected chi connectivity index (χ2v) is 8.01. The van der Waals surface area contributed by atoms with Crippen molar-refractivity contribution in [3.8, 4) is 5.75 Å². The van der Waals surface area contributed by atoms with Crippen LogP contribution >= 0.6 is 0 Å². The number of rotatable bonds is 9. The third kappa shape index (κ3) is 9.20. The van der Waals surface area contributed by atoms with Gasteiger partial charge in [0, 0.05) is 6.42 Å². The molecule has 8 heteroatoms. The molecule has 2 rings (SSSR count). The van der Waals surface area contributed by atoms with E-state index >= 15 is 0 Å². The van der Waals surface area contributed by atoms with Crippen LogP contribution in [0.1, 0.15) is 31.9 Å². The molecule has 8 nitrogen and oxygen atoms in total. The fourth-order valence-corrected chi connectivity index (χ4v) is 2.65. The van der Waals surface area contributed by atoms with Crippen LogP contribution in [0.5, 0.6) is 5.75 Å². The van der Waals surface area contributed by atoms with Crippen LogP contribution < -0.4 is 21.1 Å². The van der Waals surface area contributed by atoms with Crippen molar-refractivity contribution in [2.75, 3.05) is 6.54 Å². The molecule has 3 amide bonds. The van der Waals surface area contributed by atoms with Crippen molar-refractivity contribution in [3.63, 3.8) is 0 Å². The second-order valence-electron chi connectivity index (χ2n) is 8.01. The van der Waals surface area contributed by atoms with Gasteiger partial charge in [0.05, 0.1) is 6.54 Å². The molecule has 0 aliphatic rings. The average Bonchev–Trinajstić information content (AvgIpc) is 2.70. The Kier molecular flexibility index (Phi) is 8.43. The molecule has 166 valence electrons. The van der Waals surface area contributed by atoms with E-state index in [0.29, 0.717) is 12.4 Å². The molecule has 0 heterocycles. The average molecular weight is 428 g/mol. The Morgan fingerprint density at radius 3 is 2.19 bits per heavy atom. The topological polar surface area (TPSA) is 120 Å². The van der Waals surface area contributed by atoms with E-state index in [1.807, 2.05) is 42.5 Å². The number of ether oxygens (including phenoxy) is 2. The summed E-state index contributed by atoms with van der Waals surface area (Å²) in [6, 6.07) is 16.1. The number of hydrogen-bond donors (Lipinski definition) is 3. The van der Waals surface area contributed by atoms with E-state index in [0.717, 1.165) is 11.1 Å². The van der Waals surface area contributed by atoms with E-state index in [1.54, 1.807) is 32.9 Å². The summed E-state index contributed by atoms with van der Waals surface area (Å²) in [6.07, 6.45) is -0.530. The molecule has 0 bridgehead atoms. The molecule has 0 aliphatic carbocycles. The Bertz CT molecular complexity index is 876. The summed E-state index contributed by atoms with van der Waals surface area (Å²) in [5.41, 5.74) is 6.22. The van der Waals surface area contributed by atoms with E-state index in [4.69, 9.17) is 15.2 Å². The monoisotopic (exact) mass is 427 g/mol. The first-order valence-electron chi connectivity index (χ1n) is 9.93. The van der Waals surface area contributed by atoms with Crippen molar-refractivity contribution >= 4 is 17.9 Å². The lowest BCUT2D eigenvalue weighted by Crippen LogP contribution is -2.50. The summed E-state index contributed by atoms with van der Waals surface area (Å²) in [6.45, 7) is 5.30. The number of carbonyl (C=O) groups excluding carboxylic acids is 3. The molecular formula is C23H29N3O5. The standard InChI is InChI=1S/C23H29N3O5/c1-23(2,3)31-22(29)26-19(21(28)25-14-20(24)27)13-16-9-11-18(12-10-16)30-15-17-7-5-4-6-8-17/h4-12,19H,13-15H2,1-3H3,(H2,24,27)(H,25,28)(H,26,29)/t19-/m0/s1. The summed E-state index contributed by atoms with van der Waals surface area (Å²) in [7, 11) is 0. The van der Waals surface area contributed by atoms with Gasteiger partial charge >= 0.3 is 6.09 Å². The van der Waals surface area contributed by atoms with Crippen LogP contribution in [0.25, 0.3) is 0 Å². The van der Waals surface area contributed by atoms with E-state index < -0.39 is 29.6 Å². The highest BCUT2D eigenvalue weighted by atomic mass is 16.6. The molecule has 0 aromatic heterocycles. The van der Waals surface area contributed by atoms with Crippen molar-refractivity contribution in [2.45, 2.75) is 45.4 Å². The maximum Gasteiger partial charge on any atom is 0.408 e. The Labute approximate surface area is 182 Å². The van der Waals surface area contributed by atoms with E-state index in [9.17, 15) is 14.4 Å². The van der Waals surface area contributed by atoms with E-state index in [1.165, 1.54) is 0 Å². The van der Waals surface area contributed by atoms with Crippen molar-refractivity contribution in [2.24, 2.45) is 5.73 Å². The van der Waals surface area contributed by atoms with Gasteiger partial charge < -0.3 is 25.8 Å². The fourth-order valence-electron chi connectivity index (χ4n) is 2.65. The highest BCUT2D eigenvalue weighted by Crippen LogP contribution is 2.16. The van der Waals surface area contributed by atoms with Crippen molar-refractivity contribution in [3.05, 3.63) is 65.7 Å². The zero-order chi connectivity index (χ0) is 22.9. The maximum absolute atomic E-state index is 12.5. The molecule has 2 aromatic rings. The van der Waals surface area contributed by atoms with Crippen molar-refractivity contribution in [1.82, 2.24) is 10.6 Å². The lowest BCUT2D eigenvalue weighted by molar-refractivity contribution is -0.126. The number of amides is 3. The molecule has 0 fully saturated rings. The summed E-state index contributed by atoms with van der Waals surface area (Å²) < 4.78 is 11.0. The Morgan fingerprint density at radius 2 is 1.61 bits per heavy atom. The molecule has 0 radical (unpaired) electrons. The first-order chi connectivity index (χ1) is 14.6. The van der Waals surface area contributed by atoms with E-state index in [2.05, 4.69) is 10.6 Å². The number of alkyl carbamates (subject to hydrolysis) is 1. The van der Waals surface area contributed by atoms with Crippen LogP contribution in [-0.4, -0.2) is 36.1 Å². The number of primary amides is 1. The second kappa shape index (κ2) is 11.0. The molecule has 31 heavy (non-hydrogen) atoms. The predicted octanol–water partition coefficient (Wildman–Crippen LogP) is 2.30. The highest BCUT2D eigenvalue weighted by Gasteiger charge is 2.25. The Morgan fingerprint density at radius 1 is 0.968 bits per heavy atom. The van der Waals surface area contributed by atoms with Gasteiger partial charge in [0.15, 0.2) is 0 Å². The summed E-state index contributed by atoms with van der Waals surface area (Å²) in [5.74, 6) is -0.527. The van der Waals surface area contributed by atoms with Crippen molar-refractivity contribution < 1.29 is 23.9 Å². The van der Waals surface area contributed by atoms with Crippen LogP contribution in [0.4, 0.5) is 4.79 Å². The third-order valence-electron chi connectivity index (χ3n) is 4.06. The lowest BCUT2D eigenvalue weighted by atomic mass is 10.1. The zero-order valence-electron chi connectivity index (χ0n) is 18.0. The Hall–Kier alpha value is -3.55. The molecule has 1 atom stereocenters. The Balaban J connectivity index is 2.01.